The number of methoxy groups -OCH3 is 1. The van der Waals surface area contributed by atoms with Crippen molar-refractivity contribution in [1.29, 1.82) is 0 Å². The lowest BCUT2D eigenvalue weighted by molar-refractivity contribution is 0.0949. The second kappa shape index (κ2) is 7.20. The molecule has 3 heteroatoms. The number of Topliss-reactive ketones (excluding diaryl/α,β-unsaturated/α-hetero) is 1. The zero-order valence-electron chi connectivity index (χ0n) is 10.8. The highest BCUT2D eigenvalue weighted by Gasteiger charge is 2.13. The number of carbonyl (C=O) groups excluding carboxylic acids is 1. The molecule has 1 unspecified atom stereocenters. The monoisotopic (exact) mass is 235 g/mol. The van der Waals surface area contributed by atoms with Gasteiger partial charge in [0.2, 0.25) is 0 Å². The van der Waals surface area contributed by atoms with E-state index in [1.54, 1.807) is 7.11 Å². The number of nitrogens with one attached hydrogen (secondary N) is 1. The van der Waals surface area contributed by atoms with Crippen LogP contribution in [0, 0.1) is 6.92 Å². The molecule has 94 valence electrons. The van der Waals surface area contributed by atoms with Crippen LogP contribution in [0.3, 0.4) is 0 Å². The second-order valence-corrected chi connectivity index (χ2v) is 4.25. The van der Waals surface area contributed by atoms with E-state index in [9.17, 15) is 4.79 Å². The quantitative estimate of drug-likeness (QED) is 0.581. The molecule has 0 radical (unpaired) electrons. The van der Waals surface area contributed by atoms with Crippen LogP contribution in [-0.2, 0) is 4.74 Å². The van der Waals surface area contributed by atoms with Crippen LogP contribution >= 0.6 is 0 Å². The minimum atomic E-state index is -0.144. The van der Waals surface area contributed by atoms with E-state index in [-0.39, 0.29) is 11.8 Å². The molecule has 1 aromatic rings. The van der Waals surface area contributed by atoms with Gasteiger partial charge in [0.1, 0.15) is 0 Å². The van der Waals surface area contributed by atoms with Crippen molar-refractivity contribution >= 4 is 5.78 Å². The summed E-state index contributed by atoms with van der Waals surface area (Å²) in [5, 5.41) is 3.20. The Morgan fingerprint density at radius 2 is 2.00 bits per heavy atom. The molecule has 0 amide bonds. The number of aryl methyl sites for hydroxylation is 1. The molecule has 1 rings (SSSR count). The largest absolute Gasteiger partial charge is 0.385 e. The van der Waals surface area contributed by atoms with Crippen LogP contribution < -0.4 is 5.32 Å². The molecule has 0 spiro atoms. The fourth-order valence-electron chi connectivity index (χ4n) is 1.60. The summed E-state index contributed by atoms with van der Waals surface area (Å²) in [5.74, 6) is 0.141. The molecule has 0 aliphatic carbocycles. The van der Waals surface area contributed by atoms with Gasteiger partial charge in [0.15, 0.2) is 5.78 Å². The van der Waals surface area contributed by atoms with Gasteiger partial charge in [-0.1, -0.05) is 29.8 Å². The molecule has 0 aliphatic heterocycles. The van der Waals surface area contributed by atoms with E-state index in [0.29, 0.717) is 0 Å². The molecule has 0 fully saturated rings. The van der Waals surface area contributed by atoms with E-state index in [2.05, 4.69) is 5.32 Å². The van der Waals surface area contributed by atoms with E-state index in [1.165, 1.54) is 5.56 Å². The Labute approximate surface area is 103 Å². The lowest BCUT2D eigenvalue weighted by Crippen LogP contribution is -2.35. The summed E-state index contributed by atoms with van der Waals surface area (Å²) in [7, 11) is 1.68. The van der Waals surface area contributed by atoms with Crippen LogP contribution in [0.25, 0.3) is 0 Å². The summed E-state index contributed by atoms with van der Waals surface area (Å²) in [6.07, 6.45) is 0.919. The van der Waals surface area contributed by atoms with Gasteiger partial charge >= 0.3 is 0 Å². The molecule has 3 nitrogen and oxygen atoms in total. The number of carbonyl (C=O) groups is 1. The van der Waals surface area contributed by atoms with Gasteiger partial charge in [0, 0.05) is 19.3 Å². The predicted octanol–water partition coefficient (Wildman–Crippen LogP) is 2.19. The molecule has 0 bridgehead atoms. The molecular weight excluding hydrogens is 214 g/mol. The van der Waals surface area contributed by atoms with E-state index in [4.69, 9.17) is 4.74 Å². The first-order valence-corrected chi connectivity index (χ1v) is 5.98. The average Bonchev–Trinajstić information content (AvgIpc) is 2.34. The van der Waals surface area contributed by atoms with Crippen molar-refractivity contribution in [2.75, 3.05) is 20.3 Å². The van der Waals surface area contributed by atoms with Crippen LogP contribution in [-0.4, -0.2) is 32.1 Å². The normalized spacial score (nSPS) is 12.4. The summed E-state index contributed by atoms with van der Waals surface area (Å²) in [6.45, 7) is 5.43. The fraction of sp³-hybridized carbons (Fsp3) is 0.500. The van der Waals surface area contributed by atoms with Gasteiger partial charge in [-0.3, -0.25) is 4.79 Å². The van der Waals surface area contributed by atoms with Crippen molar-refractivity contribution in [3.8, 4) is 0 Å². The number of benzene rings is 1. The molecular formula is C14H21NO2. The number of ketones is 1. The Morgan fingerprint density at radius 1 is 1.35 bits per heavy atom. The highest BCUT2D eigenvalue weighted by atomic mass is 16.5. The Kier molecular flexibility index (Phi) is 5.87. The van der Waals surface area contributed by atoms with Crippen molar-refractivity contribution in [2.24, 2.45) is 0 Å². The van der Waals surface area contributed by atoms with Crippen LogP contribution in [0.4, 0.5) is 0 Å². The molecule has 1 atom stereocenters. The highest BCUT2D eigenvalue weighted by Crippen LogP contribution is 2.06. The SMILES string of the molecule is COCCCNC(C)C(=O)c1ccc(C)cc1. The number of hydrogen-bond donors (Lipinski definition) is 1. The molecule has 17 heavy (non-hydrogen) atoms. The first-order valence-electron chi connectivity index (χ1n) is 5.98. The average molecular weight is 235 g/mol. The molecule has 0 heterocycles. The first-order chi connectivity index (χ1) is 8.15. The molecule has 0 saturated carbocycles. The van der Waals surface area contributed by atoms with E-state index >= 15 is 0 Å². The Bertz CT molecular complexity index is 346. The van der Waals surface area contributed by atoms with Crippen LogP contribution in [0.15, 0.2) is 24.3 Å². The zero-order chi connectivity index (χ0) is 12.7. The number of ether oxygens (including phenoxy) is 1. The zero-order valence-corrected chi connectivity index (χ0v) is 10.8. The van der Waals surface area contributed by atoms with Crippen molar-refractivity contribution in [1.82, 2.24) is 5.32 Å². The highest BCUT2D eigenvalue weighted by molar-refractivity contribution is 5.99. The maximum absolute atomic E-state index is 12.0. The second-order valence-electron chi connectivity index (χ2n) is 4.25. The molecule has 0 aliphatic rings. The van der Waals surface area contributed by atoms with E-state index < -0.39 is 0 Å². The Hall–Kier alpha value is -1.19. The van der Waals surface area contributed by atoms with Crippen molar-refractivity contribution in [3.63, 3.8) is 0 Å². The lowest BCUT2D eigenvalue weighted by atomic mass is 10.0. The summed E-state index contributed by atoms with van der Waals surface area (Å²) >= 11 is 0. The maximum Gasteiger partial charge on any atom is 0.179 e. The first kappa shape index (κ1) is 13.9. The Balaban J connectivity index is 2.43. The summed E-state index contributed by atoms with van der Waals surface area (Å²) in [4.78, 5) is 12.0. The van der Waals surface area contributed by atoms with Crippen molar-refractivity contribution in [3.05, 3.63) is 35.4 Å². The lowest BCUT2D eigenvalue weighted by Gasteiger charge is -2.12. The summed E-state index contributed by atoms with van der Waals surface area (Å²) < 4.78 is 4.96. The van der Waals surface area contributed by atoms with Gasteiger partial charge in [-0.25, -0.2) is 0 Å². The van der Waals surface area contributed by atoms with Crippen LogP contribution in [0.2, 0.25) is 0 Å². The standard InChI is InChI=1S/C14H21NO2/c1-11-5-7-13(8-6-11)14(16)12(2)15-9-4-10-17-3/h5-8,12,15H,4,9-10H2,1-3H3. The topological polar surface area (TPSA) is 38.3 Å². The van der Waals surface area contributed by atoms with Gasteiger partial charge in [-0.15, -0.1) is 0 Å². The predicted molar refractivity (Wildman–Crippen MR) is 69.5 cm³/mol. The van der Waals surface area contributed by atoms with E-state index in [0.717, 1.165) is 25.1 Å². The van der Waals surface area contributed by atoms with E-state index in [1.807, 2.05) is 38.1 Å². The van der Waals surface area contributed by atoms with Crippen molar-refractivity contribution < 1.29 is 9.53 Å². The fourth-order valence-corrected chi connectivity index (χ4v) is 1.60. The van der Waals surface area contributed by atoms with Gasteiger partial charge in [0.25, 0.3) is 0 Å². The summed E-state index contributed by atoms with van der Waals surface area (Å²) in [6, 6.07) is 7.54. The van der Waals surface area contributed by atoms with Gasteiger partial charge in [-0.2, -0.15) is 0 Å². The van der Waals surface area contributed by atoms with Gasteiger partial charge in [-0.05, 0) is 26.8 Å². The third-order valence-electron chi connectivity index (χ3n) is 2.71. The molecule has 1 aromatic carbocycles. The van der Waals surface area contributed by atoms with Gasteiger partial charge < -0.3 is 10.1 Å². The Morgan fingerprint density at radius 3 is 2.59 bits per heavy atom. The third-order valence-corrected chi connectivity index (χ3v) is 2.71. The smallest absolute Gasteiger partial charge is 0.179 e. The molecule has 1 N–H and O–H groups in total. The summed E-state index contributed by atoms with van der Waals surface area (Å²) in [5.41, 5.74) is 1.93. The van der Waals surface area contributed by atoms with Crippen molar-refractivity contribution in [2.45, 2.75) is 26.3 Å². The minimum absolute atomic E-state index is 0.141. The van der Waals surface area contributed by atoms with Crippen LogP contribution in [0.5, 0.6) is 0 Å². The molecule has 0 aromatic heterocycles. The van der Waals surface area contributed by atoms with Crippen LogP contribution in [0.1, 0.15) is 29.3 Å². The van der Waals surface area contributed by atoms with Gasteiger partial charge in [0.05, 0.1) is 6.04 Å². The maximum atomic E-state index is 12.0. The third kappa shape index (κ3) is 4.67. The number of hydrogen-bond acceptors (Lipinski definition) is 3. The molecule has 0 saturated heterocycles. The minimum Gasteiger partial charge on any atom is -0.385 e. The number of rotatable bonds is 7.